The molecule has 0 radical (unpaired) electrons. The molecule has 6 heteroatoms. The van der Waals surface area contributed by atoms with Gasteiger partial charge in [0.2, 0.25) is 5.91 Å². The molecule has 2 N–H and O–H groups in total. The lowest BCUT2D eigenvalue weighted by Gasteiger charge is -2.55. The molecule has 4 aliphatic carbocycles. The Bertz CT molecular complexity index is 782. The van der Waals surface area contributed by atoms with E-state index in [4.69, 9.17) is 4.74 Å². The maximum absolute atomic E-state index is 12.9. The zero-order chi connectivity index (χ0) is 21.3. The Morgan fingerprint density at radius 2 is 1.60 bits per heavy atom. The molecular weight excluding hydrogens is 380 g/mol. The Morgan fingerprint density at radius 1 is 1.03 bits per heavy atom. The topological polar surface area (TPSA) is 84.5 Å². The summed E-state index contributed by atoms with van der Waals surface area (Å²) in [5.74, 6) is 1.03. The second-order valence-electron chi connectivity index (χ2n) is 9.55. The summed E-state index contributed by atoms with van der Waals surface area (Å²) in [6, 6.07) is 7.56. The first kappa shape index (κ1) is 20.9. The van der Waals surface area contributed by atoms with Gasteiger partial charge in [-0.05, 0) is 87.3 Å². The summed E-state index contributed by atoms with van der Waals surface area (Å²) in [5.41, 5.74) is 1.56. The summed E-state index contributed by atoms with van der Waals surface area (Å²) in [4.78, 5) is 37.4. The molecular formula is C24H32N2O4. The molecule has 0 spiro atoms. The van der Waals surface area contributed by atoms with E-state index in [0.29, 0.717) is 23.4 Å². The highest BCUT2D eigenvalue weighted by Crippen LogP contribution is 2.60. The smallest absolute Gasteiger partial charge is 0.326 e. The van der Waals surface area contributed by atoms with Crippen LogP contribution < -0.4 is 10.6 Å². The molecule has 1 aromatic rings. The molecule has 1 aromatic carbocycles. The van der Waals surface area contributed by atoms with Gasteiger partial charge in [0.1, 0.15) is 6.54 Å². The van der Waals surface area contributed by atoms with Crippen molar-refractivity contribution in [2.45, 2.75) is 64.9 Å². The van der Waals surface area contributed by atoms with E-state index in [1.807, 2.05) is 24.3 Å². The van der Waals surface area contributed by atoms with Crippen LogP contribution in [0.4, 0.5) is 5.69 Å². The first-order valence-electron chi connectivity index (χ1n) is 11.2. The van der Waals surface area contributed by atoms with Crippen molar-refractivity contribution in [3.05, 3.63) is 29.8 Å². The fourth-order valence-corrected chi connectivity index (χ4v) is 6.09. The molecule has 162 valence electrons. The Hall–Kier alpha value is -2.37. The number of hydrogen-bond donors (Lipinski definition) is 2. The van der Waals surface area contributed by atoms with Gasteiger partial charge in [-0.1, -0.05) is 19.1 Å². The minimum absolute atomic E-state index is 0.00771. The second kappa shape index (κ2) is 8.40. The van der Waals surface area contributed by atoms with E-state index in [0.717, 1.165) is 25.7 Å². The molecule has 0 heterocycles. The van der Waals surface area contributed by atoms with Gasteiger partial charge in [0.15, 0.2) is 6.10 Å². The van der Waals surface area contributed by atoms with Crippen LogP contribution in [-0.2, 0) is 25.5 Å². The van der Waals surface area contributed by atoms with Crippen molar-refractivity contribution in [1.82, 2.24) is 5.32 Å². The molecule has 0 aliphatic heterocycles. The molecule has 6 nitrogen and oxygen atoms in total. The lowest BCUT2D eigenvalue weighted by molar-refractivity contribution is -0.155. The Labute approximate surface area is 178 Å². The van der Waals surface area contributed by atoms with Gasteiger partial charge in [-0.2, -0.15) is 0 Å². The maximum atomic E-state index is 12.9. The third-order valence-corrected chi connectivity index (χ3v) is 7.22. The molecule has 0 aromatic heterocycles. The van der Waals surface area contributed by atoms with E-state index in [1.54, 1.807) is 0 Å². The number of esters is 1. The number of amides is 2. The number of ether oxygens (including phenoxy) is 1. The highest BCUT2D eigenvalue weighted by Gasteiger charge is 2.54. The van der Waals surface area contributed by atoms with E-state index in [-0.39, 0.29) is 23.8 Å². The largest absolute Gasteiger partial charge is 0.451 e. The fourth-order valence-electron chi connectivity index (χ4n) is 6.09. The monoisotopic (exact) mass is 412 g/mol. The number of carbonyl (C=O) groups excluding carboxylic acids is 3. The minimum atomic E-state index is -0.931. The van der Waals surface area contributed by atoms with Crippen molar-refractivity contribution in [3.63, 3.8) is 0 Å². The summed E-state index contributed by atoms with van der Waals surface area (Å²) >= 11 is 0. The van der Waals surface area contributed by atoms with Gasteiger partial charge in [0.25, 0.3) is 5.91 Å². The van der Waals surface area contributed by atoms with Crippen LogP contribution in [0.25, 0.3) is 0 Å². The first-order valence-corrected chi connectivity index (χ1v) is 11.2. The van der Waals surface area contributed by atoms with E-state index >= 15 is 0 Å². The number of hydrogen-bond acceptors (Lipinski definition) is 4. The van der Waals surface area contributed by atoms with Crippen molar-refractivity contribution >= 4 is 23.5 Å². The van der Waals surface area contributed by atoms with Crippen molar-refractivity contribution in [3.8, 4) is 0 Å². The third kappa shape index (κ3) is 4.37. The van der Waals surface area contributed by atoms with Crippen LogP contribution >= 0.6 is 0 Å². The number of rotatable bonds is 7. The summed E-state index contributed by atoms with van der Waals surface area (Å²) in [5, 5.41) is 5.55. The van der Waals surface area contributed by atoms with E-state index in [9.17, 15) is 14.4 Å². The molecule has 4 fully saturated rings. The van der Waals surface area contributed by atoms with Gasteiger partial charge >= 0.3 is 5.97 Å². The van der Waals surface area contributed by atoms with Crippen LogP contribution in [0.1, 0.15) is 57.9 Å². The molecule has 5 rings (SSSR count). The molecule has 0 saturated heterocycles. The quantitative estimate of drug-likeness (QED) is 0.672. The van der Waals surface area contributed by atoms with Crippen LogP contribution in [0.2, 0.25) is 0 Å². The van der Waals surface area contributed by atoms with Gasteiger partial charge in [-0.25, -0.2) is 0 Å². The zero-order valence-corrected chi connectivity index (χ0v) is 17.9. The fraction of sp³-hybridized carbons (Fsp3) is 0.625. The third-order valence-electron chi connectivity index (χ3n) is 7.22. The summed E-state index contributed by atoms with van der Waals surface area (Å²) in [6.45, 7) is 3.41. The van der Waals surface area contributed by atoms with E-state index in [2.05, 4.69) is 17.6 Å². The Morgan fingerprint density at radius 3 is 2.13 bits per heavy atom. The second-order valence-corrected chi connectivity index (χ2v) is 9.55. The van der Waals surface area contributed by atoms with E-state index < -0.39 is 12.1 Å². The average Bonchev–Trinajstić information content (AvgIpc) is 2.71. The molecule has 0 unspecified atom stereocenters. The minimum Gasteiger partial charge on any atom is -0.451 e. The number of carbonyl (C=O) groups is 3. The van der Waals surface area contributed by atoms with Crippen molar-refractivity contribution in [2.24, 2.45) is 23.2 Å². The van der Waals surface area contributed by atoms with Crippen molar-refractivity contribution in [2.75, 3.05) is 11.9 Å². The lowest BCUT2D eigenvalue weighted by Crippen LogP contribution is -2.54. The van der Waals surface area contributed by atoms with Crippen LogP contribution in [0, 0.1) is 23.2 Å². The normalized spacial score (nSPS) is 29.9. The number of anilines is 1. The highest BCUT2D eigenvalue weighted by atomic mass is 16.5. The van der Waals surface area contributed by atoms with Gasteiger partial charge in [-0.15, -0.1) is 0 Å². The SMILES string of the molecule is CCc1ccc(NC(=O)[C@@H](C)OC(=O)CNC(=O)C23CC4CC(CC(C4)C2)C3)cc1. The van der Waals surface area contributed by atoms with E-state index in [1.165, 1.54) is 31.7 Å². The van der Waals surface area contributed by atoms with Crippen LogP contribution in [0.5, 0.6) is 0 Å². The summed E-state index contributed by atoms with van der Waals surface area (Å²) in [6.07, 6.45) is 6.66. The van der Waals surface area contributed by atoms with Gasteiger partial charge in [0.05, 0.1) is 0 Å². The number of benzene rings is 1. The summed E-state index contributed by atoms with van der Waals surface area (Å²) < 4.78 is 5.23. The zero-order valence-electron chi connectivity index (χ0n) is 17.9. The predicted molar refractivity (Wildman–Crippen MR) is 114 cm³/mol. The van der Waals surface area contributed by atoms with Gasteiger partial charge in [0, 0.05) is 11.1 Å². The van der Waals surface area contributed by atoms with Crippen LogP contribution in [0.15, 0.2) is 24.3 Å². The number of nitrogens with one attached hydrogen (secondary N) is 2. The molecule has 30 heavy (non-hydrogen) atoms. The van der Waals surface area contributed by atoms with Crippen molar-refractivity contribution < 1.29 is 19.1 Å². The Kier molecular flexibility index (Phi) is 5.85. The molecule has 1 atom stereocenters. The van der Waals surface area contributed by atoms with Gasteiger partial charge in [-0.3, -0.25) is 14.4 Å². The van der Waals surface area contributed by atoms with Crippen molar-refractivity contribution in [1.29, 1.82) is 0 Å². The standard InChI is InChI=1S/C24H32N2O4/c1-3-16-4-6-20(7-5-16)26-22(28)15(2)30-21(27)14-25-23(29)24-11-17-8-18(12-24)10-19(9-17)13-24/h4-7,15,17-19H,3,8-14H2,1-2H3,(H,25,29)(H,26,28)/t15-,17?,18?,19?,24?/m1/s1. The van der Waals surface area contributed by atoms with Crippen LogP contribution in [-0.4, -0.2) is 30.4 Å². The lowest BCUT2D eigenvalue weighted by atomic mass is 9.49. The first-order chi connectivity index (χ1) is 14.4. The molecule has 4 bridgehead atoms. The van der Waals surface area contributed by atoms with Crippen LogP contribution in [0.3, 0.4) is 0 Å². The molecule has 2 amide bonds. The predicted octanol–water partition coefficient (Wildman–Crippen LogP) is 3.45. The molecule has 4 saturated carbocycles. The highest BCUT2D eigenvalue weighted by molar-refractivity contribution is 5.95. The number of aryl methyl sites for hydroxylation is 1. The van der Waals surface area contributed by atoms with Gasteiger partial charge < -0.3 is 15.4 Å². The summed E-state index contributed by atoms with van der Waals surface area (Å²) in [7, 11) is 0. The average molecular weight is 413 g/mol. The maximum Gasteiger partial charge on any atom is 0.326 e. The molecule has 4 aliphatic rings. The Balaban J connectivity index is 1.24.